The molecule has 0 saturated heterocycles. The highest BCUT2D eigenvalue weighted by Gasteiger charge is 2.21. The van der Waals surface area contributed by atoms with Crippen molar-refractivity contribution >= 4 is 21.6 Å². The van der Waals surface area contributed by atoms with Crippen molar-refractivity contribution in [2.45, 2.75) is 18.9 Å². The molecule has 0 unspecified atom stereocenters. The molecule has 0 amide bonds. The molecule has 0 fully saturated rings. The van der Waals surface area contributed by atoms with Crippen LogP contribution in [0, 0.1) is 0 Å². The predicted molar refractivity (Wildman–Crippen MR) is 82.0 cm³/mol. The van der Waals surface area contributed by atoms with Gasteiger partial charge in [-0.05, 0) is 52.0 Å². The Morgan fingerprint density at radius 2 is 1.79 bits per heavy atom. The molecule has 1 N–H and O–H groups in total. The van der Waals surface area contributed by atoms with Crippen molar-refractivity contribution in [3.05, 3.63) is 58.1 Å². The smallest absolute Gasteiger partial charge is 0.121 e. The maximum absolute atomic E-state index is 5.28. The van der Waals surface area contributed by atoms with Crippen molar-refractivity contribution in [2.75, 3.05) is 12.4 Å². The Morgan fingerprint density at radius 3 is 2.42 bits per heavy atom. The van der Waals surface area contributed by atoms with Crippen LogP contribution in [0.15, 0.2) is 46.9 Å². The van der Waals surface area contributed by atoms with Crippen molar-refractivity contribution in [1.82, 2.24) is 0 Å². The molecular weight excluding hydrogens is 302 g/mol. The summed E-state index contributed by atoms with van der Waals surface area (Å²) in [6.07, 6.45) is 2.17. The number of ether oxygens (including phenoxy) is 1. The van der Waals surface area contributed by atoms with Gasteiger partial charge in [-0.1, -0.05) is 24.3 Å². The van der Waals surface area contributed by atoms with Crippen molar-refractivity contribution in [2.24, 2.45) is 0 Å². The normalized spacial score (nSPS) is 14.2. The van der Waals surface area contributed by atoms with Crippen molar-refractivity contribution in [3.8, 4) is 5.75 Å². The Hall–Kier alpha value is -1.48. The van der Waals surface area contributed by atoms with Gasteiger partial charge in [0.05, 0.1) is 12.8 Å². The fourth-order valence-corrected chi connectivity index (χ4v) is 2.98. The number of halogens is 1. The molecular formula is C16H16BrNO. The Morgan fingerprint density at radius 1 is 1.11 bits per heavy atom. The van der Waals surface area contributed by atoms with E-state index in [0.717, 1.165) is 28.8 Å². The number of benzene rings is 2. The summed E-state index contributed by atoms with van der Waals surface area (Å²) in [5.41, 5.74) is 4.01. The van der Waals surface area contributed by atoms with Crippen LogP contribution in [0.1, 0.15) is 11.1 Å². The van der Waals surface area contributed by atoms with E-state index < -0.39 is 0 Å². The maximum Gasteiger partial charge on any atom is 0.121 e. The molecule has 0 bridgehead atoms. The van der Waals surface area contributed by atoms with Crippen LogP contribution in [0.5, 0.6) is 5.75 Å². The van der Waals surface area contributed by atoms with Gasteiger partial charge in [-0.25, -0.2) is 0 Å². The van der Waals surface area contributed by atoms with Crippen LogP contribution < -0.4 is 10.1 Å². The van der Waals surface area contributed by atoms with E-state index in [0.29, 0.717) is 6.04 Å². The monoisotopic (exact) mass is 317 g/mol. The van der Waals surface area contributed by atoms with E-state index in [1.807, 2.05) is 18.2 Å². The van der Waals surface area contributed by atoms with Crippen molar-refractivity contribution in [3.63, 3.8) is 0 Å². The summed E-state index contributed by atoms with van der Waals surface area (Å²) in [6.45, 7) is 0. The zero-order valence-corrected chi connectivity index (χ0v) is 12.4. The molecule has 2 aromatic rings. The molecule has 0 aliphatic heterocycles. The van der Waals surface area contributed by atoms with Gasteiger partial charge in [0.2, 0.25) is 0 Å². The van der Waals surface area contributed by atoms with Gasteiger partial charge in [0.1, 0.15) is 5.75 Å². The fourth-order valence-electron chi connectivity index (χ4n) is 2.62. The molecule has 0 atom stereocenters. The number of rotatable bonds is 3. The molecule has 3 heteroatoms. The van der Waals surface area contributed by atoms with E-state index in [9.17, 15) is 0 Å². The topological polar surface area (TPSA) is 21.3 Å². The minimum Gasteiger partial charge on any atom is -0.497 e. The molecule has 0 spiro atoms. The highest BCUT2D eigenvalue weighted by Crippen LogP contribution is 2.30. The molecule has 19 heavy (non-hydrogen) atoms. The average Bonchev–Trinajstić information content (AvgIpc) is 2.83. The minimum atomic E-state index is 0.459. The Balaban J connectivity index is 1.77. The summed E-state index contributed by atoms with van der Waals surface area (Å²) in [7, 11) is 1.69. The minimum absolute atomic E-state index is 0.459. The van der Waals surface area contributed by atoms with E-state index in [-0.39, 0.29) is 0 Å². The van der Waals surface area contributed by atoms with Gasteiger partial charge in [-0.15, -0.1) is 0 Å². The first-order chi connectivity index (χ1) is 9.26. The van der Waals surface area contributed by atoms with E-state index in [1.165, 1.54) is 11.1 Å². The number of methoxy groups -OCH3 is 1. The van der Waals surface area contributed by atoms with Gasteiger partial charge < -0.3 is 10.1 Å². The molecule has 2 aromatic carbocycles. The van der Waals surface area contributed by atoms with E-state index >= 15 is 0 Å². The Kier molecular flexibility index (Phi) is 3.47. The first-order valence-electron chi connectivity index (χ1n) is 6.43. The van der Waals surface area contributed by atoms with E-state index in [2.05, 4.69) is 45.5 Å². The number of fused-ring (bicyclic) bond motifs is 1. The lowest BCUT2D eigenvalue weighted by Crippen LogP contribution is -2.19. The second-order valence-corrected chi connectivity index (χ2v) is 5.72. The highest BCUT2D eigenvalue weighted by molar-refractivity contribution is 9.10. The number of nitrogens with one attached hydrogen (secondary N) is 1. The van der Waals surface area contributed by atoms with Crippen LogP contribution in [0.2, 0.25) is 0 Å². The molecule has 0 aromatic heterocycles. The summed E-state index contributed by atoms with van der Waals surface area (Å²) in [4.78, 5) is 0. The second-order valence-electron chi connectivity index (χ2n) is 4.86. The summed E-state index contributed by atoms with van der Waals surface area (Å²) >= 11 is 3.58. The first kappa shape index (κ1) is 12.5. The molecule has 98 valence electrons. The van der Waals surface area contributed by atoms with Gasteiger partial charge in [0, 0.05) is 16.6 Å². The molecule has 2 nitrogen and oxygen atoms in total. The van der Waals surface area contributed by atoms with E-state index in [4.69, 9.17) is 4.74 Å². The van der Waals surface area contributed by atoms with Gasteiger partial charge in [-0.2, -0.15) is 0 Å². The maximum atomic E-state index is 5.28. The van der Waals surface area contributed by atoms with Crippen LogP contribution in [-0.2, 0) is 12.8 Å². The summed E-state index contributed by atoms with van der Waals surface area (Å²) in [6, 6.07) is 15.1. The lowest BCUT2D eigenvalue weighted by atomic mass is 10.1. The molecule has 1 aliphatic rings. The third-order valence-electron chi connectivity index (χ3n) is 3.58. The average molecular weight is 318 g/mol. The standard InChI is InChI=1S/C16H16BrNO/c1-19-14-6-7-15(17)16(10-14)18-13-8-11-4-2-3-5-12(11)9-13/h2-7,10,13,18H,8-9H2,1H3. The molecule has 0 saturated carbocycles. The second kappa shape index (κ2) is 5.25. The Bertz CT molecular complexity index is 572. The summed E-state index contributed by atoms with van der Waals surface area (Å²) < 4.78 is 6.35. The third kappa shape index (κ3) is 2.61. The van der Waals surface area contributed by atoms with Crippen LogP contribution in [0.4, 0.5) is 5.69 Å². The summed E-state index contributed by atoms with van der Waals surface area (Å²) in [5.74, 6) is 0.876. The third-order valence-corrected chi connectivity index (χ3v) is 4.28. The predicted octanol–water partition coefficient (Wildman–Crippen LogP) is 4.04. The summed E-state index contributed by atoms with van der Waals surface area (Å²) in [5, 5.41) is 3.60. The quantitative estimate of drug-likeness (QED) is 0.922. The van der Waals surface area contributed by atoms with Crippen molar-refractivity contribution in [1.29, 1.82) is 0 Å². The van der Waals surface area contributed by atoms with Crippen LogP contribution in [-0.4, -0.2) is 13.2 Å². The Labute approximate surface area is 121 Å². The highest BCUT2D eigenvalue weighted by atomic mass is 79.9. The van der Waals surface area contributed by atoms with Gasteiger partial charge in [0.25, 0.3) is 0 Å². The lowest BCUT2D eigenvalue weighted by molar-refractivity contribution is 0.415. The zero-order chi connectivity index (χ0) is 13.2. The number of anilines is 1. The van der Waals surface area contributed by atoms with Gasteiger partial charge in [-0.3, -0.25) is 0 Å². The van der Waals surface area contributed by atoms with Crippen LogP contribution in [0.25, 0.3) is 0 Å². The first-order valence-corrected chi connectivity index (χ1v) is 7.22. The lowest BCUT2D eigenvalue weighted by Gasteiger charge is -2.16. The largest absolute Gasteiger partial charge is 0.497 e. The SMILES string of the molecule is COc1ccc(Br)c(NC2Cc3ccccc3C2)c1. The molecule has 3 rings (SSSR count). The number of hydrogen-bond donors (Lipinski definition) is 1. The molecule has 1 aliphatic carbocycles. The van der Waals surface area contributed by atoms with Crippen molar-refractivity contribution < 1.29 is 4.74 Å². The van der Waals surface area contributed by atoms with Gasteiger partial charge >= 0.3 is 0 Å². The van der Waals surface area contributed by atoms with Gasteiger partial charge in [0.15, 0.2) is 0 Å². The molecule has 0 radical (unpaired) electrons. The number of hydrogen-bond acceptors (Lipinski definition) is 2. The molecule has 0 heterocycles. The zero-order valence-electron chi connectivity index (χ0n) is 10.8. The van der Waals surface area contributed by atoms with Crippen LogP contribution in [0.3, 0.4) is 0 Å². The fraction of sp³-hybridized carbons (Fsp3) is 0.250. The van der Waals surface area contributed by atoms with E-state index in [1.54, 1.807) is 7.11 Å². The van der Waals surface area contributed by atoms with Crippen LogP contribution >= 0.6 is 15.9 Å².